The summed E-state index contributed by atoms with van der Waals surface area (Å²) in [6, 6.07) is 7.14. The van der Waals surface area contributed by atoms with Crippen LogP contribution in [0.4, 0.5) is 5.13 Å². The lowest BCUT2D eigenvalue weighted by Gasteiger charge is -2.11. The number of nitrogens with one attached hydrogen (secondary N) is 1. The Balaban J connectivity index is 1.98. The van der Waals surface area contributed by atoms with Gasteiger partial charge in [0.15, 0.2) is 16.9 Å². The Labute approximate surface area is 139 Å². The van der Waals surface area contributed by atoms with E-state index in [-0.39, 0.29) is 11.5 Å². The van der Waals surface area contributed by atoms with Gasteiger partial charge in [0.25, 0.3) is 0 Å². The smallest absolute Gasteiger partial charge is 0.358 e. The number of hydrogen-bond donors (Lipinski definition) is 1. The van der Waals surface area contributed by atoms with Gasteiger partial charge in [0.1, 0.15) is 0 Å². The number of ketones is 1. The molecule has 1 atom stereocenters. The normalized spacial score (nSPS) is 11.6. The topological polar surface area (TPSA) is 68.3 Å². The second kappa shape index (κ2) is 7.69. The minimum atomic E-state index is -0.864. The van der Waals surface area contributed by atoms with E-state index in [1.54, 1.807) is 30.5 Å². The number of ether oxygens (including phenoxy) is 1. The van der Waals surface area contributed by atoms with Gasteiger partial charge in [-0.25, -0.2) is 9.78 Å². The fourth-order valence-corrected chi connectivity index (χ4v) is 2.53. The average molecular weight is 330 g/mol. The fourth-order valence-electron chi connectivity index (χ4n) is 1.84. The van der Waals surface area contributed by atoms with Crippen LogP contribution in [0.3, 0.4) is 0 Å². The summed E-state index contributed by atoms with van der Waals surface area (Å²) < 4.78 is 5.21. The number of Topliss-reactive ketones (excluding diaryl/α,β-unsaturated/α-hetero) is 1. The summed E-state index contributed by atoms with van der Waals surface area (Å²) >= 11 is 1.30. The SMILES string of the molecule is C=CCNc1nc(C(=O)O[C@@H](C)C(=O)c2ccc(C)cc2)cs1. The Bertz CT molecular complexity index is 707. The van der Waals surface area contributed by atoms with Crippen molar-refractivity contribution >= 4 is 28.2 Å². The Morgan fingerprint density at radius 3 is 2.74 bits per heavy atom. The van der Waals surface area contributed by atoms with Gasteiger partial charge < -0.3 is 10.1 Å². The first-order chi connectivity index (χ1) is 11.0. The van der Waals surface area contributed by atoms with E-state index >= 15 is 0 Å². The fraction of sp³-hybridized carbons (Fsp3) is 0.235. The van der Waals surface area contributed by atoms with Gasteiger partial charge in [0.05, 0.1) is 0 Å². The summed E-state index contributed by atoms with van der Waals surface area (Å²) in [5.74, 6) is -0.848. The Morgan fingerprint density at radius 1 is 1.39 bits per heavy atom. The zero-order valence-electron chi connectivity index (χ0n) is 13.0. The number of anilines is 1. The summed E-state index contributed by atoms with van der Waals surface area (Å²) in [5, 5.41) is 5.19. The number of benzene rings is 1. The highest BCUT2D eigenvalue weighted by atomic mass is 32.1. The molecule has 2 aromatic rings. The third kappa shape index (κ3) is 4.50. The molecular formula is C17H18N2O3S. The van der Waals surface area contributed by atoms with E-state index in [0.29, 0.717) is 17.2 Å². The van der Waals surface area contributed by atoms with Crippen LogP contribution in [0.5, 0.6) is 0 Å². The standard InChI is InChI=1S/C17H18N2O3S/c1-4-9-18-17-19-14(10-23-17)16(21)22-12(3)15(20)13-7-5-11(2)6-8-13/h4-8,10,12H,1,9H2,2-3H3,(H,18,19)/t12-/m0/s1. The van der Waals surface area contributed by atoms with E-state index in [9.17, 15) is 9.59 Å². The van der Waals surface area contributed by atoms with Crippen LogP contribution in [0, 0.1) is 6.92 Å². The van der Waals surface area contributed by atoms with Gasteiger partial charge in [-0.05, 0) is 13.8 Å². The monoisotopic (exact) mass is 330 g/mol. The Hall–Kier alpha value is -2.47. The number of esters is 1. The van der Waals surface area contributed by atoms with Crippen LogP contribution in [0.2, 0.25) is 0 Å². The van der Waals surface area contributed by atoms with E-state index in [0.717, 1.165) is 5.56 Å². The molecule has 0 radical (unpaired) electrons. The summed E-state index contributed by atoms with van der Waals surface area (Å²) in [4.78, 5) is 28.4. The van der Waals surface area contributed by atoms with Crippen LogP contribution in [0.25, 0.3) is 0 Å². The summed E-state index contributed by atoms with van der Waals surface area (Å²) in [5.41, 5.74) is 1.76. The molecule has 0 spiro atoms. The van der Waals surface area contributed by atoms with Crippen LogP contribution in [0.1, 0.15) is 33.3 Å². The van der Waals surface area contributed by atoms with Crippen LogP contribution in [-0.4, -0.2) is 29.4 Å². The van der Waals surface area contributed by atoms with Gasteiger partial charge in [0, 0.05) is 17.5 Å². The predicted molar refractivity (Wildman–Crippen MR) is 91.2 cm³/mol. The minimum absolute atomic E-state index is 0.185. The van der Waals surface area contributed by atoms with Crippen LogP contribution in [-0.2, 0) is 4.74 Å². The van der Waals surface area contributed by atoms with Gasteiger partial charge in [-0.1, -0.05) is 35.9 Å². The van der Waals surface area contributed by atoms with Crippen molar-refractivity contribution in [3.63, 3.8) is 0 Å². The van der Waals surface area contributed by atoms with Crippen LogP contribution < -0.4 is 5.32 Å². The first kappa shape index (κ1) is 16.9. The molecule has 2 rings (SSSR count). The van der Waals surface area contributed by atoms with E-state index in [1.165, 1.54) is 11.3 Å². The van der Waals surface area contributed by atoms with E-state index < -0.39 is 12.1 Å². The largest absolute Gasteiger partial charge is 0.450 e. The lowest BCUT2D eigenvalue weighted by Crippen LogP contribution is -2.24. The molecule has 0 saturated heterocycles. The number of aryl methyl sites for hydroxylation is 1. The molecule has 5 nitrogen and oxygen atoms in total. The van der Waals surface area contributed by atoms with E-state index in [4.69, 9.17) is 4.74 Å². The van der Waals surface area contributed by atoms with Crippen molar-refractivity contribution in [2.75, 3.05) is 11.9 Å². The lowest BCUT2D eigenvalue weighted by molar-refractivity contribution is 0.0314. The molecule has 1 N–H and O–H groups in total. The molecule has 23 heavy (non-hydrogen) atoms. The quantitative estimate of drug-likeness (QED) is 0.478. The maximum atomic E-state index is 12.3. The average Bonchev–Trinajstić information content (AvgIpc) is 3.02. The summed E-state index contributed by atoms with van der Waals surface area (Å²) in [6.07, 6.45) is 0.832. The van der Waals surface area contributed by atoms with Gasteiger partial charge in [-0.2, -0.15) is 0 Å². The van der Waals surface area contributed by atoms with Crippen molar-refractivity contribution in [1.82, 2.24) is 4.98 Å². The van der Waals surface area contributed by atoms with Crippen LogP contribution >= 0.6 is 11.3 Å². The number of hydrogen-bond acceptors (Lipinski definition) is 6. The predicted octanol–water partition coefficient (Wildman–Crippen LogP) is 3.48. The zero-order valence-corrected chi connectivity index (χ0v) is 13.9. The molecule has 0 fully saturated rings. The zero-order chi connectivity index (χ0) is 16.8. The van der Waals surface area contributed by atoms with Crippen molar-refractivity contribution < 1.29 is 14.3 Å². The molecule has 0 saturated carbocycles. The number of nitrogens with zero attached hydrogens (tertiary/aromatic N) is 1. The first-order valence-electron chi connectivity index (χ1n) is 7.13. The molecule has 6 heteroatoms. The molecular weight excluding hydrogens is 312 g/mol. The molecule has 0 aliphatic carbocycles. The van der Waals surface area contributed by atoms with Crippen molar-refractivity contribution in [2.45, 2.75) is 20.0 Å². The summed E-state index contributed by atoms with van der Waals surface area (Å²) in [6.45, 7) is 7.66. The third-order valence-electron chi connectivity index (χ3n) is 3.10. The highest BCUT2D eigenvalue weighted by Gasteiger charge is 2.21. The number of aromatic nitrogens is 1. The molecule has 0 aliphatic rings. The maximum absolute atomic E-state index is 12.3. The van der Waals surface area contributed by atoms with Gasteiger partial charge in [0.2, 0.25) is 5.78 Å². The number of thiazole rings is 1. The van der Waals surface area contributed by atoms with Crippen LogP contribution in [0.15, 0.2) is 42.3 Å². The minimum Gasteiger partial charge on any atom is -0.450 e. The van der Waals surface area contributed by atoms with Crippen molar-refractivity contribution in [3.8, 4) is 0 Å². The number of rotatable bonds is 7. The van der Waals surface area contributed by atoms with Gasteiger partial charge in [-0.3, -0.25) is 4.79 Å². The molecule has 1 aromatic carbocycles. The molecule has 0 bridgehead atoms. The van der Waals surface area contributed by atoms with Gasteiger partial charge in [-0.15, -0.1) is 17.9 Å². The van der Waals surface area contributed by atoms with Gasteiger partial charge >= 0.3 is 5.97 Å². The second-order valence-corrected chi connectivity index (χ2v) is 5.84. The van der Waals surface area contributed by atoms with E-state index in [1.807, 2.05) is 19.1 Å². The molecule has 120 valence electrons. The number of carbonyl (C=O) groups excluding carboxylic acids is 2. The lowest BCUT2D eigenvalue weighted by atomic mass is 10.1. The first-order valence-corrected chi connectivity index (χ1v) is 8.01. The summed E-state index contributed by atoms with van der Waals surface area (Å²) in [7, 11) is 0. The second-order valence-electron chi connectivity index (χ2n) is 4.99. The van der Waals surface area contributed by atoms with E-state index in [2.05, 4.69) is 16.9 Å². The Kier molecular flexibility index (Phi) is 5.65. The van der Waals surface area contributed by atoms with Crippen molar-refractivity contribution in [2.24, 2.45) is 0 Å². The molecule has 0 unspecified atom stereocenters. The molecule has 1 heterocycles. The molecule has 0 aliphatic heterocycles. The van der Waals surface area contributed by atoms with Crippen molar-refractivity contribution in [3.05, 3.63) is 59.1 Å². The third-order valence-corrected chi connectivity index (χ3v) is 3.90. The van der Waals surface area contributed by atoms with Crippen molar-refractivity contribution in [1.29, 1.82) is 0 Å². The number of carbonyl (C=O) groups is 2. The Morgan fingerprint density at radius 2 is 2.09 bits per heavy atom. The maximum Gasteiger partial charge on any atom is 0.358 e. The molecule has 1 aromatic heterocycles. The highest BCUT2D eigenvalue weighted by Crippen LogP contribution is 2.17. The highest BCUT2D eigenvalue weighted by molar-refractivity contribution is 7.13. The molecule has 0 amide bonds.